The van der Waals surface area contributed by atoms with Gasteiger partial charge in [0.15, 0.2) is 11.2 Å². The number of hydrogen-bond acceptors (Lipinski definition) is 7. The number of ether oxygens (including phenoxy) is 2. The van der Waals surface area contributed by atoms with Crippen molar-refractivity contribution in [2.75, 3.05) is 31.1 Å². The van der Waals surface area contributed by atoms with Gasteiger partial charge in [0.2, 0.25) is 5.91 Å². The summed E-state index contributed by atoms with van der Waals surface area (Å²) in [5.74, 6) is -4.03. The van der Waals surface area contributed by atoms with Gasteiger partial charge in [0.25, 0.3) is 0 Å². The maximum absolute atomic E-state index is 14.2. The fraction of sp³-hybridized carbons (Fsp3) is 0.280. The fourth-order valence-corrected chi connectivity index (χ4v) is 5.60. The van der Waals surface area contributed by atoms with E-state index in [1.165, 1.54) is 19.1 Å². The lowest BCUT2D eigenvalue weighted by Crippen LogP contribution is -2.61. The highest BCUT2D eigenvalue weighted by Gasteiger charge is 2.74. The van der Waals surface area contributed by atoms with Gasteiger partial charge >= 0.3 is 11.9 Å². The van der Waals surface area contributed by atoms with Crippen LogP contribution in [-0.4, -0.2) is 57.0 Å². The third kappa shape index (κ3) is 2.51. The van der Waals surface area contributed by atoms with Gasteiger partial charge in [0.05, 0.1) is 25.9 Å². The highest BCUT2D eigenvalue weighted by Crippen LogP contribution is 2.56. The number of benzene rings is 2. The summed E-state index contributed by atoms with van der Waals surface area (Å²) >= 11 is 0. The summed E-state index contributed by atoms with van der Waals surface area (Å²) in [6.45, 7) is 0. The summed E-state index contributed by atoms with van der Waals surface area (Å²) in [6.07, 6.45) is 3.53. The molecule has 3 heterocycles. The Labute approximate surface area is 190 Å². The molecule has 1 saturated heterocycles. The van der Waals surface area contributed by atoms with Crippen molar-refractivity contribution in [2.24, 2.45) is 11.3 Å². The van der Waals surface area contributed by atoms with Crippen LogP contribution in [0.5, 0.6) is 0 Å². The lowest BCUT2D eigenvalue weighted by molar-refractivity contribution is -0.157. The molecule has 33 heavy (non-hydrogen) atoms. The minimum Gasteiger partial charge on any atom is -0.469 e. The Morgan fingerprint density at radius 1 is 0.909 bits per heavy atom. The monoisotopic (exact) mass is 446 g/mol. The molecule has 0 aromatic heterocycles. The minimum absolute atomic E-state index is 0.311. The topological polar surface area (TPSA) is 93.2 Å². The van der Waals surface area contributed by atoms with Crippen LogP contribution in [0, 0.1) is 11.3 Å². The van der Waals surface area contributed by atoms with Crippen LogP contribution in [-0.2, 0) is 23.9 Å². The molecule has 0 aliphatic carbocycles. The van der Waals surface area contributed by atoms with Crippen molar-refractivity contribution in [1.29, 1.82) is 0 Å². The van der Waals surface area contributed by atoms with Crippen molar-refractivity contribution < 1.29 is 28.7 Å². The second-order valence-electron chi connectivity index (χ2n) is 8.32. The molecule has 0 saturated carbocycles. The first-order valence-electron chi connectivity index (χ1n) is 10.5. The molecule has 0 N–H and O–H groups in total. The summed E-state index contributed by atoms with van der Waals surface area (Å²) in [5.41, 5.74) is 0.293. The Hall–Kier alpha value is -3.94. The van der Waals surface area contributed by atoms with Crippen LogP contribution in [0.2, 0.25) is 0 Å². The van der Waals surface area contributed by atoms with Crippen molar-refractivity contribution in [3.63, 3.8) is 0 Å². The van der Waals surface area contributed by atoms with Crippen LogP contribution in [0.4, 0.5) is 11.4 Å². The smallest absolute Gasteiger partial charge is 0.329 e. The first kappa shape index (κ1) is 20.9. The highest BCUT2D eigenvalue weighted by atomic mass is 16.5. The lowest BCUT2D eigenvalue weighted by Gasteiger charge is -2.43. The number of ketones is 1. The minimum atomic E-state index is -1.90. The van der Waals surface area contributed by atoms with E-state index in [-0.39, 0.29) is 0 Å². The first-order valence-corrected chi connectivity index (χ1v) is 10.5. The molecule has 4 atom stereocenters. The Morgan fingerprint density at radius 3 is 2.24 bits per heavy atom. The first-order chi connectivity index (χ1) is 15.9. The Morgan fingerprint density at radius 2 is 1.55 bits per heavy atom. The van der Waals surface area contributed by atoms with E-state index in [4.69, 9.17) is 9.47 Å². The summed E-state index contributed by atoms with van der Waals surface area (Å²) in [7, 11) is 3.97. The molecule has 2 aromatic carbocycles. The summed E-state index contributed by atoms with van der Waals surface area (Å²) in [4.78, 5) is 57.7. The van der Waals surface area contributed by atoms with Gasteiger partial charge in [-0.25, -0.2) is 4.79 Å². The number of Topliss-reactive ketones (excluding diaryl/α,β-unsaturated/α-hetero) is 1. The van der Waals surface area contributed by atoms with E-state index in [2.05, 4.69) is 0 Å². The molecular weight excluding hydrogens is 424 g/mol. The fourth-order valence-electron chi connectivity index (χ4n) is 5.60. The Kier molecular flexibility index (Phi) is 4.63. The third-order valence-electron chi connectivity index (χ3n) is 6.99. The van der Waals surface area contributed by atoms with E-state index in [0.717, 1.165) is 5.56 Å². The quantitative estimate of drug-likeness (QED) is 0.515. The van der Waals surface area contributed by atoms with Gasteiger partial charge in [-0.15, -0.1) is 0 Å². The normalized spacial score (nSPS) is 27.2. The van der Waals surface area contributed by atoms with E-state index >= 15 is 0 Å². The van der Waals surface area contributed by atoms with Crippen LogP contribution in [0.25, 0.3) is 6.08 Å². The molecule has 1 amide bonds. The molecule has 3 aliphatic rings. The van der Waals surface area contributed by atoms with Crippen molar-refractivity contribution >= 4 is 41.1 Å². The van der Waals surface area contributed by atoms with E-state index in [1.54, 1.807) is 54.4 Å². The van der Waals surface area contributed by atoms with Crippen molar-refractivity contribution in [3.8, 4) is 0 Å². The van der Waals surface area contributed by atoms with Gasteiger partial charge in [0, 0.05) is 18.3 Å². The molecular formula is C25H22N2O6. The number of methoxy groups -OCH3 is 2. The van der Waals surface area contributed by atoms with Gasteiger partial charge in [-0.05, 0) is 23.8 Å². The van der Waals surface area contributed by atoms with Crippen molar-refractivity contribution in [1.82, 2.24) is 0 Å². The Bertz CT molecular complexity index is 1240. The largest absolute Gasteiger partial charge is 0.469 e. The standard InChI is InChI=1S/C25H22N2O6/c1-26-17-11-7-5-9-15(17)21(28)25(24(26)31)18-13-12-14-8-4-6-10-16(14)27(18)20(23(30)33-3)19(25)22(29)32-2/h4-13,18-20H,1-3H3. The number of para-hydroxylation sites is 2. The number of anilines is 2. The molecule has 1 fully saturated rings. The highest BCUT2D eigenvalue weighted by molar-refractivity contribution is 6.28. The number of carbonyl (C=O) groups excluding carboxylic acids is 4. The number of amides is 1. The second-order valence-corrected chi connectivity index (χ2v) is 8.32. The van der Waals surface area contributed by atoms with Crippen LogP contribution in [0.3, 0.4) is 0 Å². The molecule has 8 heteroatoms. The molecule has 1 spiro atoms. The molecule has 168 valence electrons. The van der Waals surface area contributed by atoms with Crippen LogP contribution in [0.15, 0.2) is 54.6 Å². The molecule has 8 nitrogen and oxygen atoms in total. The summed E-state index contributed by atoms with van der Waals surface area (Å²) in [5, 5.41) is 0. The number of carbonyl (C=O) groups is 4. The summed E-state index contributed by atoms with van der Waals surface area (Å²) in [6, 6.07) is 11.9. The molecule has 4 unspecified atom stereocenters. The summed E-state index contributed by atoms with van der Waals surface area (Å²) < 4.78 is 10.2. The average molecular weight is 446 g/mol. The number of esters is 2. The van der Waals surface area contributed by atoms with Gasteiger partial charge in [-0.2, -0.15) is 0 Å². The maximum atomic E-state index is 14.2. The zero-order chi connectivity index (χ0) is 23.5. The van der Waals surface area contributed by atoms with Crippen LogP contribution >= 0.6 is 0 Å². The number of rotatable bonds is 2. The zero-order valence-corrected chi connectivity index (χ0v) is 18.3. The maximum Gasteiger partial charge on any atom is 0.329 e. The SMILES string of the molecule is COC(=O)C1C(C(=O)OC)C2(C(=O)c3ccccc3N(C)C2=O)C2C=Cc3ccccc3N12. The van der Waals surface area contributed by atoms with E-state index in [0.29, 0.717) is 16.9 Å². The molecule has 5 rings (SSSR count). The van der Waals surface area contributed by atoms with Gasteiger partial charge in [0.1, 0.15) is 12.0 Å². The van der Waals surface area contributed by atoms with E-state index < -0.39 is 47.0 Å². The molecule has 2 aromatic rings. The third-order valence-corrected chi connectivity index (χ3v) is 6.99. The van der Waals surface area contributed by atoms with E-state index in [1.807, 2.05) is 18.2 Å². The van der Waals surface area contributed by atoms with Gasteiger partial charge < -0.3 is 19.3 Å². The van der Waals surface area contributed by atoms with Crippen molar-refractivity contribution in [3.05, 3.63) is 65.7 Å². The van der Waals surface area contributed by atoms with Gasteiger partial charge in [-0.1, -0.05) is 42.5 Å². The number of fused-ring (bicyclic) bond motifs is 5. The lowest BCUT2D eigenvalue weighted by atomic mass is 9.63. The zero-order valence-electron chi connectivity index (χ0n) is 18.3. The number of hydrogen-bond donors (Lipinski definition) is 0. The molecule has 0 radical (unpaired) electrons. The second kappa shape index (κ2) is 7.30. The van der Waals surface area contributed by atoms with Crippen LogP contribution in [0.1, 0.15) is 15.9 Å². The van der Waals surface area contributed by atoms with Gasteiger partial charge in [-0.3, -0.25) is 14.4 Å². The average Bonchev–Trinajstić information content (AvgIpc) is 3.17. The van der Waals surface area contributed by atoms with Crippen LogP contribution < -0.4 is 9.80 Å². The predicted octanol–water partition coefficient (Wildman–Crippen LogP) is 2.08. The Balaban J connectivity index is 1.85. The predicted molar refractivity (Wildman–Crippen MR) is 120 cm³/mol. The van der Waals surface area contributed by atoms with E-state index in [9.17, 15) is 19.2 Å². The van der Waals surface area contributed by atoms with Crippen molar-refractivity contribution in [2.45, 2.75) is 12.1 Å². The molecule has 3 aliphatic heterocycles. The number of nitrogens with zero attached hydrogens (tertiary/aromatic N) is 2. The molecule has 0 bridgehead atoms.